The molecule has 1 atom stereocenters. The predicted octanol–water partition coefficient (Wildman–Crippen LogP) is 5.27. The van der Waals surface area contributed by atoms with Gasteiger partial charge in [-0.05, 0) is 48.1 Å². The molecule has 0 aliphatic rings. The second kappa shape index (κ2) is 7.77. The first kappa shape index (κ1) is 17.0. The van der Waals surface area contributed by atoms with Gasteiger partial charge in [-0.15, -0.1) is 0 Å². The van der Waals surface area contributed by atoms with Crippen LogP contribution in [0.4, 0.5) is 5.69 Å². The average molecular weight is 307 g/mol. The maximum absolute atomic E-state index is 12.4. The van der Waals surface area contributed by atoms with Crippen LogP contribution in [0.25, 0.3) is 6.08 Å². The van der Waals surface area contributed by atoms with E-state index >= 15 is 0 Å². The number of carbonyl (C=O) groups excluding carboxylic acids is 1. The number of anilines is 1. The van der Waals surface area contributed by atoms with Crippen LogP contribution in [0.5, 0.6) is 0 Å². The first-order valence-corrected chi connectivity index (χ1v) is 8.11. The molecule has 0 aromatic heterocycles. The van der Waals surface area contributed by atoms with Crippen molar-refractivity contribution in [1.29, 1.82) is 0 Å². The van der Waals surface area contributed by atoms with Crippen LogP contribution >= 0.6 is 0 Å². The van der Waals surface area contributed by atoms with E-state index in [0.717, 1.165) is 23.2 Å². The fraction of sp³-hybridized carbons (Fsp3) is 0.286. The second-order valence-corrected chi connectivity index (χ2v) is 6.38. The lowest BCUT2D eigenvalue weighted by molar-refractivity contribution is -0.117. The molecule has 1 unspecified atom stereocenters. The fourth-order valence-corrected chi connectivity index (χ4v) is 2.52. The minimum atomic E-state index is -0.179. The molecule has 0 heterocycles. The van der Waals surface area contributed by atoms with E-state index in [1.165, 1.54) is 5.56 Å². The van der Waals surface area contributed by atoms with E-state index in [1.807, 2.05) is 31.2 Å². The number of hydrogen-bond acceptors (Lipinski definition) is 1. The van der Waals surface area contributed by atoms with Crippen LogP contribution in [0.1, 0.15) is 43.4 Å². The van der Waals surface area contributed by atoms with Crippen LogP contribution < -0.4 is 5.32 Å². The fourth-order valence-electron chi connectivity index (χ4n) is 2.52. The summed E-state index contributed by atoms with van der Waals surface area (Å²) in [4.78, 5) is 12.4. The Morgan fingerprint density at radius 1 is 1.04 bits per heavy atom. The molecule has 2 nitrogen and oxygen atoms in total. The summed E-state index contributed by atoms with van der Waals surface area (Å²) in [6, 6.07) is 16.0. The molecule has 0 aliphatic carbocycles. The highest BCUT2D eigenvalue weighted by atomic mass is 16.1. The summed E-state index contributed by atoms with van der Waals surface area (Å²) in [5.41, 5.74) is 4.20. The summed E-state index contributed by atoms with van der Waals surface area (Å²) in [6.45, 7) is 10.1. The lowest BCUT2D eigenvalue weighted by Crippen LogP contribution is -2.18. The van der Waals surface area contributed by atoms with Crippen molar-refractivity contribution in [2.24, 2.45) is 5.92 Å². The second-order valence-electron chi connectivity index (χ2n) is 6.38. The zero-order valence-electron chi connectivity index (χ0n) is 14.2. The maximum Gasteiger partial charge on any atom is 0.231 e. The Hall–Kier alpha value is -2.35. The average Bonchev–Trinajstić information content (AvgIpc) is 2.55. The molecule has 0 aliphatic heterocycles. The van der Waals surface area contributed by atoms with E-state index in [9.17, 15) is 4.79 Å². The molecule has 0 spiro atoms. The highest BCUT2D eigenvalue weighted by molar-refractivity contribution is 5.95. The molecule has 2 aromatic carbocycles. The molecule has 23 heavy (non-hydrogen) atoms. The van der Waals surface area contributed by atoms with Gasteiger partial charge in [-0.3, -0.25) is 4.79 Å². The molecule has 2 aromatic rings. The topological polar surface area (TPSA) is 29.1 Å². The summed E-state index contributed by atoms with van der Waals surface area (Å²) < 4.78 is 0. The largest absolute Gasteiger partial charge is 0.326 e. The van der Waals surface area contributed by atoms with E-state index in [-0.39, 0.29) is 11.8 Å². The van der Waals surface area contributed by atoms with E-state index in [2.05, 4.69) is 50.0 Å². The van der Waals surface area contributed by atoms with Crippen molar-refractivity contribution >= 4 is 17.7 Å². The standard InChI is InChI=1S/C21H25NO/c1-5-17-8-12-20(13-9-17)22-21(23)16(4)19-10-6-18(7-11-19)14-15(2)3/h5-13,15-16H,1,14H2,2-4H3,(H,22,23). The quantitative estimate of drug-likeness (QED) is 0.774. The van der Waals surface area contributed by atoms with E-state index in [1.54, 1.807) is 6.08 Å². The van der Waals surface area contributed by atoms with E-state index in [4.69, 9.17) is 0 Å². The van der Waals surface area contributed by atoms with Gasteiger partial charge in [0.2, 0.25) is 5.91 Å². The van der Waals surface area contributed by atoms with E-state index < -0.39 is 0 Å². The first-order valence-electron chi connectivity index (χ1n) is 8.11. The smallest absolute Gasteiger partial charge is 0.231 e. The van der Waals surface area contributed by atoms with Crippen LogP contribution in [0, 0.1) is 5.92 Å². The number of hydrogen-bond donors (Lipinski definition) is 1. The van der Waals surface area contributed by atoms with Crippen molar-refractivity contribution in [1.82, 2.24) is 0 Å². The van der Waals surface area contributed by atoms with E-state index in [0.29, 0.717) is 5.92 Å². The van der Waals surface area contributed by atoms with Crippen molar-refractivity contribution in [3.8, 4) is 0 Å². The molecule has 1 amide bonds. The lowest BCUT2D eigenvalue weighted by atomic mass is 9.96. The molecular weight excluding hydrogens is 282 g/mol. The van der Waals surface area contributed by atoms with Gasteiger partial charge < -0.3 is 5.32 Å². The third-order valence-electron chi connectivity index (χ3n) is 3.93. The van der Waals surface area contributed by atoms with Gasteiger partial charge in [-0.25, -0.2) is 0 Å². The van der Waals surface area contributed by atoms with Crippen LogP contribution in [0.2, 0.25) is 0 Å². The maximum atomic E-state index is 12.4. The molecule has 0 bridgehead atoms. The highest BCUT2D eigenvalue weighted by Gasteiger charge is 2.15. The van der Waals surface area contributed by atoms with Gasteiger partial charge in [-0.2, -0.15) is 0 Å². The highest BCUT2D eigenvalue weighted by Crippen LogP contribution is 2.20. The third-order valence-corrected chi connectivity index (χ3v) is 3.93. The Morgan fingerprint density at radius 3 is 2.17 bits per heavy atom. The molecule has 0 fully saturated rings. The Labute approximate surface area is 139 Å². The van der Waals surface area contributed by atoms with Gasteiger partial charge in [0, 0.05) is 5.69 Å². The Bertz CT molecular complexity index is 653. The van der Waals surface area contributed by atoms with Crippen molar-refractivity contribution in [3.63, 3.8) is 0 Å². The number of rotatable bonds is 6. The third kappa shape index (κ3) is 4.82. The molecule has 120 valence electrons. The van der Waals surface area contributed by atoms with Gasteiger partial charge in [0.1, 0.15) is 0 Å². The molecule has 0 saturated heterocycles. The zero-order chi connectivity index (χ0) is 16.8. The molecule has 0 radical (unpaired) electrons. The minimum Gasteiger partial charge on any atom is -0.326 e. The molecule has 1 N–H and O–H groups in total. The lowest BCUT2D eigenvalue weighted by Gasteiger charge is -2.14. The molecule has 0 saturated carbocycles. The van der Waals surface area contributed by atoms with Gasteiger partial charge in [0.15, 0.2) is 0 Å². The molecule has 2 heteroatoms. The van der Waals surface area contributed by atoms with Gasteiger partial charge in [0.05, 0.1) is 5.92 Å². The van der Waals surface area contributed by atoms with Crippen LogP contribution in [0.3, 0.4) is 0 Å². The van der Waals surface area contributed by atoms with Crippen molar-refractivity contribution in [3.05, 3.63) is 71.8 Å². The summed E-state index contributed by atoms with van der Waals surface area (Å²) >= 11 is 0. The number of benzene rings is 2. The van der Waals surface area contributed by atoms with Crippen LogP contribution in [-0.4, -0.2) is 5.91 Å². The Kier molecular flexibility index (Phi) is 5.75. The zero-order valence-corrected chi connectivity index (χ0v) is 14.2. The predicted molar refractivity (Wildman–Crippen MR) is 98.6 cm³/mol. The number of amides is 1. The molecular formula is C21H25NO. The molecule has 2 rings (SSSR count). The van der Waals surface area contributed by atoms with Gasteiger partial charge in [0.25, 0.3) is 0 Å². The Balaban J connectivity index is 2.02. The van der Waals surface area contributed by atoms with Crippen LogP contribution in [0.15, 0.2) is 55.1 Å². The normalized spacial score (nSPS) is 12.0. The first-order chi connectivity index (χ1) is 11.0. The summed E-state index contributed by atoms with van der Waals surface area (Å²) in [7, 11) is 0. The number of nitrogens with one attached hydrogen (secondary N) is 1. The minimum absolute atomic E-state index is 0.00737. The van der Waals surface area contributed by atoms with Crippen LogP contribution in [-0.2, 0) is 11.2 Å². The summed E-state index contributed by atoms with van der Waals surface area (Å²) in [6.07, 6.45) is 2.85. The van der Waals surface area contributed by atoms with Gasteiger partial charge in [-0.1, -0.05) is 62.9 Å². The summed E-state index contributed by atoms with van der Waals surface area (Å²) in [5.74, 6) is 0.468. The summed E-state index contributed by atoms with van der Waals surface area (Å²) in [5, 5.41) is 2.97. The number of carbonyl (C=O) groups is 1. The van der Waals surface area contributed by atoms with Crippen molar-refractivity contribution in [2.45, 2.75) is 33.1 Å². The van der Waals surface area contributed by atoms with Crippen molar-refractivity contribution in [2.75, 3.05) is 5.32 Å². The Morgan fingerprint density at radius 2 is 1.65 bits per heavy atom. The SMILES string of the molecule is C=Cc1ccc(NC(=O)C(C)c2ccc(CC(C)C)cc2)cc1. The van der Waals surface area contributed by atoms with Crippen molar-refractivity contribution < 1.29 is 4.79 Å². The monoisotopic (exact) mass is 307 g/mol. The van der Waals surface area contributed by atoms with Gasteiger partial charge >= 0.3 is 0 Å².